The molecule has 398 valence electrons. The van der Waals surface area contributed by atoms with Crippen molar-refractivity contribution in [3.05, 3.63) is 108 Å². The van der Waals surface area contributed by atoms with E-state index in [1.54, 1.807) is 48.8 Å². The number of aromatic nitrogens is 3. The first-order valence-electron chi connectivity index (χ1n) is 20.7. The number of aromatic amines is 3. The molecular weight excluding hydrogens is 1000 g/mol. The van der Waals surface area contributed by atoms with Crippen LogP contribution >= 0.6 is 0 Å². The van der Waals surface area contributed by atoms with E-state index < -0.39 is 107 Å². The first-order valence-corrected chi connectivity index (χ1v) is 20.7. The number of H-pyrrole nitrogens is 3. The van der Waals surface area contributed by atoms with Crippen molar-refractivity contribution in [3.8, 4) is 0 Å². The molecule has 15 N–H and O–H groups in total. The molecule has 28 nitrogen and oxygen atoms in total. The third-order valence-electron chi connectivity index (χ3n) is 9.79. The van der Waals surface area contributed by atoms with Crippen LogP contribution in [0.25, 0.3) is 32.7 Å². The Bertz CT molecular complexity index is 3120. The molecule has 0 spiro atoms. The van der Waals surface area contributed by atoms with Crippen molar-refractivity contribution in [1.29, 1.82) is 0 Å². The Morgan fingerprint density at radius 1 is 0.533 bits per heavy atom. The van der Waals surface area contributed by atoms with Gasteiger partial charge >= 0.3 is 55.3 Å². The number of nitrogens with two attached hydrogens (primary N) is 1. The van der Waals surface area contributed by atoms with Crippen LogP contribution in [-0.4, -0.2) is 160 Å². The van der Waals surface area contributed by atoms with Gasteiger partial charge in [-0.2, -0.15) is 9.59 Å². The maximum Gasteiger partial charge on any atom is 1.00 e. The van der Waals surface area contributed by atoms with Gasteiger partial charge in [-0.15, -0.1) is 0 Å². The van der Waals surface area contributed by atoms with E-state index in [1.807, 2.05) is 36.4 Å². The highest BCUT2D eigenvalue weighted by atomic mass is 16.4. The molecule has 3 aromatic heterocycles. The number of hydrogen-bond acceptors (Lipinski definition) is 17. The number of carboxylic acids is 8. The lowest BCUT2D eigenvalue weighted by atomic mass is 9.88. The quantitative estimate of drug-likeness (QED) is 0.0389. The summed E-state index contributed by atoms with van der Waals surface area (Å²) in [4.78, 5) is 150. The van der Waals surface area contributed by atoms with Crippen LogP contribution in [0.15, 0.2) is 91.4 Å². The van der Waals surface area contributed by atoms with Crippen LogP contribution in [-0.2, 0) is 86.4 Å². The highest BCUT2D eigenvalue weighted by Crippen LogP contribution is 2.27. The largest absolute Gasteiger partial charge is 1.00 e. The maximum atomic E-state index is 11.3. The van der Waals surface area contributed by atoms with Gasteiger partial charge in [-0.05, 0) is 34.9 Å². The molecule has 3 atom stereocenters. The van der Waals surface area contributed by atoms with Crippen molar-refractivity contribution in [2.75, 3.05) is 0 Å². The second kappa shape index (κ2) is 29.4. The van der Waals surface area contributed by atoms with Gasteiger partial charge in [-0.25, -0.2) is 28.8 Å². The zero-order chi connectivity index (χ0) is 57.4. The van der Waals surface area contributed by atoms with Crippen LogP contribution in [0.5, 0.6) is 0 Å². The summed E-state index contributed by atoms with van der Waals surface area (Å²) in [6, 6.07) is 20.3. The summed E-state index contributed by atoms with van der Waals surface area (Å²) >= 11 is 0. The number of carboxylic acid groups (broad SMARTS) is 8. The molecule has 0 aliphatic heterocycles. The van der Waals surface area contributed by atoms with Gasteiger partial charge in [0.25, 0.3) is 5.78 Å². The Hall–Kier alpha value is -10.0. The highest BCUT2D eigenvalue weighted by Gasteiger charge is 2.41. The van der Waals surface area contributed by atoms with E-state index in [2.05, 4.69) is 15.0 Å². The Labute approximate surface area is 420 Å². The smallest absolute Gasteiger partial charge is 0.481 e. The van der Waals surface area contributed by atoms with E-state index >= 15 is 0 Å². The van der Waals surface area contributed by atoms with E-state index in [4.69, 9.17) is 51.1 Å². The summed E-state index contributed by atoms with van der Waals surface area (Å²) in [6.45, 7) is 1.00. The first-order chi connectivity index (χ1) is 34.9. The second-order valence-corrected chi connectivity index (χ2v) is 15.3. The maximum absolute atomic E-state index is 11.3. The topological polar surface area (TPSA) is 515 Å². The minimum atomic E-state index is -2.46. The summed E-state index contributed by atoms with van der Waals surface area (Å²) in [7, 11) is 0. The lowest BCUT2D eigenvalue weighted by Crippen LogP contribution is -2.48. The van der Waals surface area contributed by atoms with Crippen molar-refractivity contribution in [2.45, 2.75) is 62.7 Å². The highest BCUT2D eigenvalue weighted by molar-refractivity contribution is 6.36. The van der Waals surface area contributed by atoms with Gasteiger partial charge < -0.3 is 71.8 Å². The molecule has 3 unspecified atom stereocenters. The zero-order valence-electron chi connectivity index (χ0n) is 39.7. The van der Waals surface area contributed by atoms with Crippen molar-refractivity contribution in [2.24, 2.45) is 5.73 Å². The molecule has 3 heterocycles. The molecule has 0 amide bonds. The molecule has 0 aliphatic rings. The van der Waals surface area contributed by atoms with Crippen molar-refractivity contribution in [3.63, 3.8) is 0 Å². The molecule has 28 heteroatoms. The molecule has 75 heavy (non-hydrogen) atoms. The summed E-state index contributed by atoms with van der Waals surface area (Å²) in [5, 5.41) is 90.3. The third-order valence-corrected chi connectivity index (χ3v) is 9.79. The summed E-state index contributed by atoms with van der Waals surface area (Å²) in [5.41, 5.74) is 4.94. The predicted molar refractivity (Wildman–Crippen MR) is 251 cm³/mol. The zero-order valence-corrected chi connectivity index (χ0v) is 38.7. The SMILES string of the molecule is CC(=O)C(=O)O.NC(CC(O)(Cc1c[nH]c2ccccc12)C(=O)O)C(=O)O.O=C(O)C(=O)CC(O)(Cc1c[nH]c2ccccc12)C(=O)O.O=C(O)C(=O)Cc1c[nH]c2ccccc12.O=C(O)CC(=O)C(=O)O.O=C=O.[H+]. The Morgan fingerprint density at radius 2 is 0.867 bits per heavy atom. The Morgan fingerprint density at radius 3 is 1.17 bits per heavy atom. The van der Waals surface area contributed by atoms with E-state index in [0.717, 1.165) is 39.8 Å². The van der Waals surface area contributed by atoms with Crippen LogP contribution in [0.1, 0.15) is 44.3 Å². The first kappa shape index (κ1) is 63.0. The average Bonchev–Trinajstić information content (AvgIpc) is 4.06. The standard InChI is InChI=1S/C14H16N2O5.C14H13NO6.C11H9NO3.C4H4O5.C3H4O3.CO2/c15-10(12(17)18)6-14(21,13(19)20)5-8-7-16-11-4-2-1-3-9(8)11;16-11(12(17)18)6-14(21,13(19)20)5-8-7-15-10-4-2-1-3-9(8)10;13-10(11(14)15)5-7-6-12-9-4-2-1-3-8(7)9;5-2(4(8)9)1-3(6)7;1-2(4)3(5)6;2-1-3/h1-4,7,10,16,21H,5-6,15H2,(H,17,18)(H,19,20);1-4,7,15,21H,5-6H2,(H,17,18)(H,19,20);1-4,6,12H,5H2,(H,14,15);1H2,(H,6,7)(H,8,9);1H3,(H,5,6);/p+1. The number of para-hydroxylation sites is 3. The lowest BCUT2D eigenvalue weighted by Gasteiger charge is -2.24. The third kappa shape index (κ3) is 20.3. The number of carbonyl (C=O) groups excluding carboxylic acids is 6. The normalized spacial score (nSPS) is 12.0. The fourth-order valence-electron chi connectivity index (χ4n) is 6.17. The number of ketones is 4. The van der Waals surface area contributed by atoms with Gasteiger partial charge in [0, 0.05) is 83.9 Å². The van der Waals surface area contributed by atoms with E-state index in [0.29, 0.717) is 16.5 Å². The van der Waals surface area contributed by atoms with E-state index in [9.17, 15) is 72.9 Å². The van der Waals surface area contributed by atoms with Gasteiger partial charge in [0.05, 0.1) is 6.42 Å². The molecule has 0 bridgehead atoms. The fourth-order valence-corrected chi connectivity index (χ4v) is 6.17. The Kier molecular flexibility index (Phi) is 24.7. The molecule has 0 aliphatic carbocycles. The molecule has 6 rings (SSSR count). The number of hydrogen-bond donors (Lipinski definition) is 14. The molecule has 0 radical (unpaired) electrons. The van der Waals surface area contributed by atoms with Crippen LogP contribution in [0.4, 0.5) is 0 Å². The number of fused-ring (bicyclic) bond motifs is 3. The van der Waals surface area contributed by atoms with Crippen molar-refractivity contribution < 1.29 is 120 Å². The minimum absolute atomic E-state index is 0. The number of nitrogens with one attached hydrogen (secondary N) is 3. The number of Topliss-reactive ketones (excluding diaryl/α,β-unsaturated/α-hetero) is 4. The predicted octanol–water partition coefficient (Wildman–Crippen LogP) is 0.566. The molecule has 0 fully saturated rings. The van der Waals surface area contributed by atoms with Crippen LogP contribution in [0.2, 0.25) is 0 Å². The van der Waals surface area contributed by atoms with E-state index in [1.165, 1.54) is 6.20 Å². The van der Waals surface area contributed by atoms with Gasteiger partial charge in [0.15, 0.2) is 11.2 Å². The molecular formula is C47H47N4O24+. The number of aliphatic hydroxyl groups is 2. The number of carbonyl (C=O) groups is 12. The second-order valence-electron chi connectivity index (χ2n) is 15.3. The molecule has 0 saturated carbocycles. The molecule has 0 saturated heterocycles. The summed E-state index contributed by atoms with van der Waals surface area (Å²) in [5.74, 6) is -16.4. The average molecular weight is 1050 g/mol. The van der Waals surface area contributed by atoms with Crippen LogP contribution in [0, 0.1) is 0 Å². The number of aliphatic carboxylic acids is 8. The van der Waals surface area contributed by atoms with E-state index in [-0.39, 0.29) is 26.8 Å². The molecule has 3 aromatic carbocycles. The Balaban J connectivity index is 0.000000960. The van der Waals surface area contributed by atoms with Gasteiger partial charge in [0.1, 0.15) is 12.5 Å². The number of rotatable bonds is 19. The summed E-state index contributed by atoms with van der Waals surface area (Å²) in [6.07, 6.45) is 1.88. The fraction of sp³-hybridized carbons (Fsp3) is 0.213. The summed E-state index contributed by atoms with van der Waals surface area (Å²) < 4.78 is 0. The van der Waals surface area contributed by atoms with Gasteiger partial charge in [0.2, 0.25) is 17.3 Å². The van der Waals surface area contributed by atoms with Crippen LogP contribution in [0.3, 0.4) is 0 Å². The van der Waals surface area contributed by atoms with Crippen LogP contribution < -0.4 is 5.73 Å². The minimum Gasteiger partial charge on any atom is -0.481 e. The molecule has 6 aromatic rings. The monoisotopic (exact) mass is 1050 g/mol. The lowest BCUT2D eigenvalue weighted by molar-refractivity contribution is -0.192. The van der Waals surface area contributed by atoms with Gasteiger partial charge in [-0.1, -0.05) is 54.6 Å². The van der Waals surface area contributed by atoms with Crippen molar-refractivity contribution >= 4 is 110 Å². The van der Waals surface area contributed by atoms with Crippen molar-refractivity contribution in [1.82, 2.24) is 15.0 Å². The number of benzene rings is 3. The van der Waals surface area contributed by atoms with Gasteiger partial charge in [-0.3, -0.25) is 28.8 Å².